The summed E-state index contributed by atoms with van der Waals surface area (Å²) in [6, 6.07) is 14.1. The molecule has 0 bridgehead atoms. The van der Waals surface area contributed by atoms with E-state index in [1.54, 1.807) is 31.2 Å². The summed E-state index contributed by atoms with van der Waals surface area (Å²) in [5, 5.41) is 3.25. The van der Waals surface area contributed by atoms with Crippen molar-refractivity contribution in [3.63, 3.8) is 0 Å². The van der Waals surface area contributed by atoms with E-state index in [2.05, 4.69) is 5.32 Å². The Bertz CT molecular complexity index is 775. The Balaban J connectivity index is 1.55. The Hall–Kier alpha value is -2.53. The number of carbonyl (C=O) groups excluding carboxylic acids is 2. The summed E-state index contributed by atoms with van der Waals surface area (Å²) in [5.74, 6) is 0.114. The lowest BCUT2D eigenvalue weighted by Gasteiger charge is -2.07. The van der Waals surface area contributed by atoms with E-state index in [-0.39, 0.29) is 17.8 Å². The summed E-state index contributed by atoms with van der Waals surface area (Å²) in [7, 11) is 0. The van der Waals surface area contributed by atoms with E-state index in [1.807, 2.05) is 24.3 Å². The summed E-state index contributed by atoms with van der Waals surface area (Å²) in [6.45, 7) is 2.03. The Morgan fingerprint density at radius 2 is 1.88 bits per heavy atom. The van der Waals surface area contributed by atoms with Crippen molar-refractivity contribution in [2.45, 2.75) is 19.3 Å². The van der Waals surface area contributed by atoms with Gasteiger partial charge in [-0.1, -0.05) is 29.8 Å². The van der Waals surface area contributed by atoms with Crippen molar-refractivity contribution in [1.82, 2.24) is 0 Å². The van der Waals surface area contributed by atoms with Crippen LogP contribution in [0.2, 0.25) is 5.02 Å². The zero-order valence-corrected chi connectivity index (χ0v) is 14.5. The van der Waals surface area contributed by atoms with Crippen LogP contribution in [0.4, 0.5) is 10.5 Å². The number of halogens is 1. The fraction of sp³-hybridized carbons (Fsp3) is 0.263. The van der Waals surface area contributed by atoms with Gasteiger partial charge in [-0.2, -0.15) is 0 Å². The summed E-state index contributed by atoms with van der Waals surface area (Å²) in [6.07, 6.45) is 0.221. The normalized spacial score (nSPS) is 18.3. The van der Waals surface area contributed by atoms with Gasteiger partial charge in [0.05, 0.1) is 12.5 Å². The van der Waals surface area contributed by atoms with Gasteiger partial charge >= 0.3 is 12.1 Å². The molecule has 1 amide bonds. The molecule has 0 aromatic heterocycles. The number of hydrogen-bond acceptors (Lipinski definition) is 4. The van der Waals surface area contributed by atoms with Crippen LogP contribution in [0.5, 0.6) is 5.75 Å². The van der Waals surface area contributed by atoms with Gasteiger partial charge in [0.2, 0.25) is 0 Å². The standard InChI is InChI=1S/C19H18ClNO4/c1-2-24-19(23)21-12-7-9-13(10-8-12)25-18(22)16-11-15(16)14-5-3-4-6-17(14)20/h3-10,15-16H,2,11H2,1H3,(H,21,23). The van der Waals surface area contributed by atoms with Crippen LogP contribution in [0.15, 0.2) is 48.5 Å². The molecule has 0 aliphatic heterocycles. The predicted molar refractivity (Wildman–Crippen MR) is 95.0 cm³/mol. The lowest BCUT2D eigenvalue weighted by molar-refractivity contribution is -0.135. The highest BCUT2D eigenvalue weighted by Gasteiger charge is 2.46. The number of ether oxygens (including phenoxy) is 2. The molecule has 2 aromatic rings. The van der Waals surface area contributed by atoms with Crippen LogP contribution in [0.3, 0.4) is 0 Å². The molecule has 0 radical (unpaired) electrons. The van der Waals surface area contributed by atoms with Crippen molar-refractivity contribution in [2.24, 2.45) is 5.92 Å². The van der Waals surface area contributed by atoms with Crippen LogP contribution in [0.1, 0.15) is 24.8 Å². The average molecular weight is 360 g/mol. The van der Waals surface area contributed by atoms with Gasteiger partial charge in [-0.05, 0) is 55.2 Å². The number of rotatable bonds is 5. The first-order chi connectivity index (χ1) is 12.1. The highest BCUT2D eigenvalue weighted by atomic mass is 35.5. The molecule has 1 fully saturated rings. The highest BCUT2D eigenvalue weighted by Crippen LogP contribution is 2.50. The van der Waals surface area contributed by atoms with Crippen LogP contribution < -0.4 is 10.1 Å². The van der Waals surface area contributed by atoms with Gasteiger partial charge in [0.1, 0.15) is 5.75 Å². The minimum Gasteiger partial charge on any atom is -0.450 e. The van der Waals surface area contributed by atoms with Crippen molar-refractivity contribution < 1.29 is 19.1 Å². The van der Waals surface area contributed by atoms with Gasteiger partial charge in [-0.3, -0.25) is 10.1 Å². The topological polar surface area (TPSA) is 64.6 Å². The monoisotopic (exact) mass is 359 g/mol. The van der Waals surface area contributed by atoms with Crippen LogP contribution >= 0.6 is 11.6 Å². The molecule has 1 aliphatic carbocycles. The van der Waals surface area contributed by atoms with Gasteiger partial charge in [0.15, 0.2) is 0 Å². The molecule has 2 aromatic carbocycles. The third kappa shape index (κ3) is 4.31. The third-order valence-electron chi connectivity index (χ3n) is 3.99. The van der Waals surface area contributed by atoms with Crippen molar-refractivity contribution in [1.29, 1.82) is 0 Å². The van der Waals surface area contributed by atoms with Gasteiger partial charge in [0, 0.05) is 10.7 Å². The van der Waals surface area contributed by atoms with Gasteiger partial charge in [-0.25, -0.2) is 4.79 Å². The molecule has 2 atom stereocenters. The first-order valence-electron chi connectivity index (χ1n) is 8.08. The summed E-state index contributed by atoms with van der Waals surface area (Å²) >= 11 is 6.17. The summed E-state index contributed by atoms with van der Waals surface area (Å²) in [4.78, 5) is 23.6. The third-order valence-corrected chi connectivity index (χ3v) is 4.34. The van der Waals surface area contributed by atoms with Crippen LogP contribution in [-0.2, 0) is 9.53 Å². The number of benzene rings is 2. The van der Waals surface area contributed by atoms with E-state index in [4.69, 9.17) is 21.1 Å². The SMILES string of the molecule is CCOC(=O)Nc1ccc(OC(=O)C2CC2c2ccccc2Cl)cc1. The van der Waals surface area contributed by atoms with Crippen LogP contribution in [-0.4, -0.2) is 18.7 Å². The van der Waals surface area contributed by atoms with Crippen molar-refractivity contribution in [3.8, 4) is 5.75 Å². The molecule has 5 nitrogen and oxygen atoms in total. The van der Waals surface area contributed by atoms with Crippen LogP contribution in [0, 0.1) is 5.92 Å². The van der Waals surface area contributed by atoms with Crippen molar-refractivity contribution in [3.05, 3.63) is 59.1 Å². The lowest BCUT2D eigenvalue weighted by atomic mass is 10.1. The Labute approximate surface area is 150 Å². The molecule has 3 rings (SSSR count). The van der Waals surface area contributed by atoms with Gasteiger partial charge in [0.25, 0.3) is 0 Å². The second kappa shape index (κ2) is 7.57. The Morgan fingerprint density at radius 3 is 2.56 bits per heavy atom. The van der Waals surface area contributed by atoms with E-state index >= 15 is 0 Å². The van der Waals surface area contributed by atoms with E-state index in [0.717, 1.165) is 12.0 Å². The molecule has 0 heterocycles. The number of anilines is 1. The zero-order chi connectivity index (χ0) is 17.8. The zero-order valence-electron chi connectivity index (χ0n) is 13.7. The molecular weight excluding hydrogens is 342 g/mol. The number of esters is 1. The molecular formula is C19H18ClNO4. The maximum Gasteiger partial charge on any atom is 0.411 e. The largest absolute Gasteiger partial charge is 0.450 e. The fourth-order valence-electron chi connectivity index (χ4n) is 2.66. The molecule has 6 heteroatoms. The van der Waals surface area contributed by atoms with Gasteiger partial charge < -0.3 is 9.47 Å². The second-order valence-electron chi connectivity index (χ2n) is 5.76. The van der Waals surface area contributed by atoms with E-state index < -0.39 is 6.09 Å². The molecule has 0 saturated heterocycles. The van der Waals surface area contributed by atoms with E-state index in [1.165, 1.54) is 0 Å². The number of hydrogen-bond donors (Lipinski definition) is 1. The fourth-order valence-corrected chi connectivity index (χ4v) is 2.93. The first kappa shape index (κ1) is 17.3. The minimum atomic E-state index is -0.521. The molecule has 1 N–H and O–H groups in total. The molecule has 1 aliphatic rings. The predicted octanol–water partition coefficient (Wildman–Crippen LogP) is 4.62. The number of amides is 1. The van der Waals surface area contributed by atoms with Crippen LogP contribution in [0.25, 0.3) is 0 Å². The Kier molecular flexibility index (Phi) is 5.24. The number of nitrogens with one attached hydrogen (secondary N) is 1. The lowest BCUT2D eigenvalue weighted by Crippen LogP contribution is -2.13. The maximum atomic E-state index is 12.3. The van der Waals surface area contributed by atoms with Crippen molar-refractivity contribution in [2.75, 3.05) is 11.9 Å². The summed E-state index contributed by atoms with van der Waals surface area (Å²) < 4.78 is 10.2. The second-order valence-corrected chi connectivity index (χ2v) is 6.17. The quantitative estimate of drug-likeness (QED) is 0.625. The minimum absolute atomic E-state index is 0.117. The van der Waals surface area contributed by atoms with E-state index in [9.17, 15) is 9.59 Å². The smallest absolute Gasteiger partial charge is 0.411 e. The van der Waals surface area contributed by atoms with E-state index in [0.29, 0.717) is 23.1 Å². The van der Waals surface area contributed by atoms with Crippen molar-refractivity contribution >= 4 is 29.4 Å². The number of carbonyl (C=O) groups is 2. The molecule has 1 saturated carbocycles. The van der Waals surface area contributed by atoms with Gasteiger partial charge in [-0.15, -0.1) is 0 Å². The summed E-state index contributed by atoms with van der Waals surface area (Å²) in [5.41, 5.74) is 1.55. The molecule has 2 unspecified atom stereocenters. The first-order valence-corrected chi connectivity index (χ1v) is 8.46. The highest BCUT2D eigenvalue weighted by molar-refractivity contribution is 6.31. The molecule has 0 spiro atoms. The Morgan fingerprint density at radius 1 is 1.16 bits per heavy atom. The average Bonchev–Trinajstić information content (AvgIpc) is 3.38. The maximum absolute atomic E-state index is 12.3. The molecule has 25 heavy (non-hydrogen) atoms. The molecule has 130 valence electrons.